The van der Waals surface area contributed by atoms with E-state index in [1.807, 2.05) is 26.0 Å². The van der Waals surface area contributed by atoms with Crippen molar-refractivity contribution >= 4 is 0 Å². The maximum Gasteiger partial charge on any atom is 0.422 e. The van der Waals surface area contributed by atoms with E-state index in [1.165, 1.54) is 6.07 Å². The van der Waals surface area contributed by atoms with E-state index < -0.39 is 18.4 Å². The fourth-order valence-electron chi connectivity index (χ4n) is 4.35. The second-order valence-corrected chi connectivity index (χ2v) is 9.02. The van der Waals surface area contributed by atoms with Gasteiger partial charge in [0, 0.05) is 5.56 Å². The molecule has 9 heteroatoms. The molecule has 37 heavy (non-hydrogen) atoms. The SMILES string of the molecule is CC1(C)Oc2cc(-c3cccc(OCC(F)(F)F)c3)ccc2-c2nc(-c3c(C#N)cccc3C#N)[nH]c21. The summed E-state index contributed by atoms with van der Waals surface area (Å²) in [6.45, 7) is 2.37. The van der Waals surface area contributed by atoms with Crippen LogP contribution < -0.4 is 9.47 Å². The van der Waals surface area contributed by atoms with Crippen LogP contribution in [0.2, 0.25) is 0 Å². The van der Waals surface area contributed by atoms with Crippen molar-refractivity contribution in [3.05, 3.63) is 77.5 Å². The topological polar surface area (TPSA) is 94.7 Å². The number of fused-ring (bicyclic) bond motifs is 3. The molecule has 1 aliphatic heterocycles. The largest absolute Gasteiger partial charge is 0.484 e. The molecule has 0 radical (unpaired) electrons. The second-order valence-electron chi connectivity index (χ2n) is 9.02. The van der Waals surface area contributed by atoms with Crippen molar-refractivity contribution in [2.45, 2.75) is 25.6 Å². The van der Waals surface area contributed by atoms with Crippen LogP contribution in [0.5, 0.6) is 11.5 Å². The molecule has 5 rings (SSSR count). The van der Waals surface area contributed by atoms with Gasteiger partial charge < -0.3 is 14.5 Å². The smallest absolute Gasteiger partial charge is 0.422 e. The molecule has 0 unspecified atom stereocenters. The van der Waals surface area contributed by atoms with E-state index in [9.17, 15) is 23.7 Å². The third kappa shape index (κ3) is 4.48. The van der Waals surface area contributed by atoms with Crippen molar-refractivity contribution in [3.8, 4) is 57.4 Å². The molecule has 0 saturated carbocycles. The number of aromatic amines is 1. The van der Waals surface area contributed by atoms with Gasteiger partial charge in [0.1, 0.15) is 22.9 Å². The van der Waals surface area contributed by atoms with Crippen LogP contribution in [0.25, 0.3) is 33.8 Å². The highest BCUT2D eigenvalue weighted by Crippen LogP contribution is 2.46. The number of hydrogen-bond acceptors (Lipinski definition) is 5. The predicted octanol–water partition coefficient (Wildman–Crippen LogP) is 6.72. The summed E-state index contributed by atoms with van der Waals surface area (Å²) in [6.07, 6.45) is -4.43. The lowest BCUT2D eigenvalue weighted by molar-refractivity contribution is -0.153. The quantitative estimate of drug-likeness (QED) is 0.336. The first-order chi connectivity index (χ1) is 17.6. The highest BCUT2D eigenvalue weighted by atomic mass is 19.4. The maximum atomic E-state index is 12.6. The zero-order valence-electron chi connectivity index (χ0n) is 19.8. The van der Waals surface area contributed by atoms with Gasteiger partial charge in [-0.1, -0.05) is 24.3 Å². The van der Waals surface area contributed by atoms with Crippen molar-refractivity contribution in [2.75, 3.05) is 6.61 Å². The van der Waals surface area contributed by atoms with Crippen LogP contribution in [-0.4, -0.2) is 22.8 Å². The van der Waals surface area contributed by atoms with Crippen LogP contribution in [0, 0.1) is 22.7 Å². The molecule has 6 nitrogen and oxygen atoms in total. The Labute approximate surface area is 210 Å². The van der Waals surface area contributed by atoms with E-state index in [1.54, 1.807) is 42.5 Å². The van der Waals surface area contributed by atoms with E-state index in [-0.39, 0.29) is 5.75 Å². The Balaban J connectivity index is 1.57. The summed E-state index contributed by atoms with van der Waals surface area (Å²) in [4.78, 5) is 8.04. The van der Waals surface area contributed by atoms with Crippen LogP contribution in [0.15, 0.2) is 60.7 Å². The van der Waals surface area contributed by atoms with Gasteiger partial charge >= 0.3 is 6.18 Å². The summed E-state index contributed by atoms with van der Waals surface area (Å²) in [6, 6.07) is 21.0. The van der Waals surface area contributed by atoms with Crippen LogP contribution in [-0.2, 0) is 5.60 Å². The number of hydrogen-bond donors (Lipinski definition) is 1. The number of halogens is 3. The van der Waals surface area contributed by atoms with E-state index >= 15 is 0 Å². The van der Waals surface area contributed by atoms with Gasteiger partial charge in [0.15, 0.2) is 6.61 Å². The Morgan fingerprint density at radius 1 is 0.973 bits per heavy atom. The molecule has 1 N–H and O–H groups in total. The van der Waals surface area contributed by atoms with Crippen molar-refractivity contribution in [2.24, 2.45) is 0 Å². The fourth-order valence-corrected chi connectivity index (χ4v) is 4.35. The van der Waals surface area contributed by atoms with E-state index in [0.29, 0.717) is 50.8 Å². The molecule has 184 valence electrons. The van der Waals surface area contributed by atoms with Gasteiger partial charge in [0.25, 0.3) is 0 Å². The molecule has 3 aromatic carbocycles. The zero-order valence-corrected chi connectivity index (χ0v) is 19.8. The van der Waals surface area contributed by atoms with Gasteiger partial charge in [-0.15, -0.1) is 0 Å². The summed E-state index contributed by atoms with van der Waals surface area (Å²) < 4.78 is 48.9. The highest BCUT2D eigenvalue weighted by molar-refractivity contribution is 5.81. The molecule has 2 heterocycles. The molecule has 1 aliphatic rings. The number of nitriles is 2. The molecule has 0 aliphatic carbocycles. The summed E-state index contributed by atoms with van der Waals surface area (Å²) in [7, 11) is 0. The lowest BCUT2D eigenvalue weighted by Gasteiger charge is -2.32. The van der Waals surface area contributed by atoms with Crippen LogP contribution in [0.1, 0.15) is 30.7 Å². The molecule has 0 bridgehead atoms. The first-order valence-corrected chi connectivity index (χ1v) is 11.3. The van der Waals surface area contributed by atoms with Gasteiger partial charge in [-0.25, -0.2) is 4.98 Å². The van der Waals surface area contributed by atoms with Crippen LogP contribution in [0.4, 0.5) is 13.2 Å². The van der Waals surface area contributed by atoms with Gasteiger partial charge in [0.05, 0.1) is 40.2 Å². The molecule has 0 atom stereocenters. The molecular weight excluding hydrogens is 481 g/mol. The van der Waals surface area contributed by atoms with Crippen LogP contribution in [0.3, 0.4) is 0 Å². The number of nitrogens with zero attached hydrogens (tertiary/aromatic N) is 3. The Hall–Kier alpha value is -4.76. The van der Waals surface area contributed by atoms with E-state index in [0.717, 1.165) is 5.56 Å². The minimum atomic E-state index is -4.43. The Morgan fingerprint density at radius 3 is 2.32 bits per heavy atom. The number of alkyl halides is 3. The minimum absolute atomic E-state index is 0.109. The zero-order chi connectivity index (χ0) is 26.4. The highest BCUT2D eigenvalue weighted by Gasteiger charge is 2.37. The number of benzene rings is 3. The molecule has 0 amide bonds. The lowest BCUT2D eigenvalue weighted by Crippen LogP contribution is -2.29. The average molecular weight is 500 g/mol. The molecule has 0 saturated heterocycles. The van der Waals surface area contributed by atoms with Crippen molar-refractivity contribution in [1.29, 1.82) is 10.5 Å². The van der Waals surface area contributed by atoms with E-state index in [4.69, 9.17) is 14.5 Å². The first-order valence-electron chi connectivity index (χ1n) is 11.3. The van der Waals surface area contributed by atoms with Gasteiger partial charge in [-0.05, 0) is 61.4 Å². The van der Waals surface area contributed by atoms with Crippen molar-refractivity contribution in [3.63, 3.8) is 0 Å². The predicted molar refractivity (Wildman–Crippen MR) is 130 cm³/mol. The molecule has 4 aromatic rings. The number of rotatable bonds is 4. The second kappa shape index (κ2) is 8.72. The Kier molecular flexibility index (Phi) is 5.65. The van der Waals surface area contributed by atoms with Crippen molar-refractivity contribution in [1.82, 2.24) is 9.97 Å². The summed E-state index contributed by atoms with van der Waals surface area (Å²) in [5, 5.41) is 19.2. The Bertz CT molecular complexity index is 1570. The molecule has 0 fully saturated rings. The normalized spacial score (nSPS) is 13.5. The summed E-state index contributed by atoms with van der Waals surface area (Å²) in [5.74, 6) is 1.04. The maximum absolute atomic E-state index is 12.6. The monoisotopic (exact) mass is 500 g/mol. The van der Waals surface area contributed by atoms with Gasteiger partial charge in [-0.3, -0.25) is 0 Å². The first kappa shape index (κ1) is 24.0. The third-order valence-electron chi connectivity index (χ3n) is 6.02. The van der Waals surface area contributed by atoms with Crippen molar-refractivity contribution < 1.29 is 22.6 Å². The number of aromatic nitrogens is 2. The molecule has 1 aromatic heterocycles. The Morgan fingerprint density at radius 2 is 1.65 bits per heavy atom. The van der Waals surface area contributed by atoms with Crippen LogP contribution >= 0.6 is 0 Å². The van der Waals surface area contributed by atoms with Gasteiger partial charge in [-0.2, -0.15) is 23.7 Å². The lowest BCUT2D eigenvalue weighted by atomic mass is 9.93. The van der Waals surface area contributed by atoms with E-state index in [2.05, 4.69) is 17.1 Å². The summed E-state index contributed by atoms with van der Waals surface area (Å²) >= 11 is 0. The standard InChI is InChI=1S/C28H19F3N4O2/c1-27(2)25-24(34-26(35-25)23-18(13-32)6-3-7-19(23)14-33)21-10-9-17(12-22(21)37-27)16-5-4-8-20(11-16)36-15-28(29,30)31/h3-12H,15H2,1-2H3,(H,34,35). The number of imidazole rings is 1. The molecular formula is C28H19F3N4O2. The molecule has 0 spiro atoms. The number of ether oxygens (including phenoxy) is 2. The average Bonchev–Trinajstić information content (AvgIpc) is 3.33. The summed E-state index contributed by atoms with van der Waals surface area (Å²) in [5.41, 5.74) is 3.68. The third-order valence-corrected chi connectivity index (χ3v) is 6.02. The fraction of sp³-hybridized carbons (Fsp3) is 0.179. The number of nitrogens with one attached hydrogen (secondary N) is 1. The van der Waals surface area contributed by atoms with Gasteiger partial charge in [0.2, 0.25) is 0 Å². The minimum Gasteiger partial charge on any atom is -0.484 e. The number of H-pyrrole nitrogens is 1.